The van der Waals surface area contributed by atoms with Gasteiger partial charge in [0.05, 0.1) is 12.8 Å². The van der Waals surface area contributed by atoms with Gasteiger partial charge in [-0.1, -0.05) is 63.2 Å². The first-order chi connectivity index (χ1) is 15.6. The second-order valence-electron chi connectivity index (χ2n) is 8.79. The Morgan fingerprint density at radius 2 is 1.69 bits per heavy atom. The zero-order chi connectivity index (χ0) is 22.7. The number of rotatable bonds is 7. The highest BCUT2D eigenvalue weighted by Gasteiger charge is 2.27. The molecule has 0 radical (unpaired) electrons. The Balaban J connectivity index is 1.72. The molecule has 168 valence electrons. The molecule has 32 heavy (non-hydrogen) atoms. The van der Waals surface area contributed by atoms with Gasteiger partial charge in [0.15, 0.2) is 0 Å². The lowest BCUT2D eigenvalue weighted by molar-refractivity contribution is 0.169. The van der Waals surface area contributed by atoms with E-state index in [1.54, 1.807) is 7.11 Å². The van der Waals surface area contributed by atoms with Gasteiger partial charge in [-0.05, 0) is 54.9 Å². The van der Waals surface area contributed by atoms with Crippen molar-refractivity contribution >= 4 is 0 Å². The van der Waals surface area contributed by atoms with Gasteiger partial charge in [-0.25, -0.2) is 0 Å². The minimum Gasteiger partial charge on any atom is -0.496 e. The third-order valence-electron chi connectivity index (χ3n) is 7.06. The first kappa shape index (κ1) is 22.5. The van der Waals surface area contributed by atoms with Crippen LogP contribution in [0.3, 0.4) is 0 Å². The van der Waals surface area contributed by atoms with Gasteiger partial charge in [-0.3, -0.25) is 9.88 Å². The Kier molecular flexibility index (Phi) is 6.95. The summed E-state index contributed by atoms with van der Waals surface area (Å²) in [6.45, 7) is 10.8. The fourth-order valence-corrected chi connectivity index (χ4v) is 5.43. The van der Waals surface area contributed by atoms with Crippen LogP contribution < -0.4 is 4.74 Å². The molecule has 3 heteroatoms. The zero-order valence-corrected chi connectivity index (χ0v) is 20.2. The first-order valence-electron chi connectivity index (χ1n) is 12.1. The maximum Gasteiger partial charge on any atom is 0.129 e. The largest absolute Gasteiger partial charge is 0.496 e. The van der Waals surface area contributed by atoms with E-state index in [0.29, 0.717) is 6.04 Å². The third kappa shape index (κ3) is 4.06. The number of fused-ring (bicyclic) bond motifs is 1. The van der Waals surface area contributed by atoms with Crippen molar-refractivity contribution in [1.82, 2.24) is 9.88 Å². The van der Waals surface area contributed by atoms with Crippen LogP contribution in [-0.2, 0) is 25.8 Å². The van der Waals surface area contributed by atoms with Crippen LogP contribution in [0.2, 0.25) is 0 Å². The van der Waals surface area contributed by atoms with Crippen molar-refractivity contribution in [2.24, 2.45) is 0 Å². The summed E-state index contributed by atoms with van der Waals surface area (Å²) >= 11 is 0. The maximum atomic E-state index is 6.00. The average molecular weight is 429 g/mol. The van der Waals surface area contributed by atoms with Crippen LogP contribution in [0, 0.1) is 6.92 Å². The second-order valence-corrected chi connectivity index (χ2v) is 8.79. The fourth-order valence-electron chi connectivity index (χ4n) is 5.43. The quantitative estimate of drug-likeness (QED) is 0.419. The molecule has 1 aliphatic heterocycles. The summed E-state index contributed by atoms with van der Waals surface area (Å²) in [5, 5.41) is 0. The summed E-state index contributed by atoms with van der Waals surface area (Å²) in [5.74, 6) is 0.983. The van der Waals surface area contributed by atoms with E-state index in [9.17, 15) is 0 Å². The fraction of sp³-hybridized carbons (Fsp3) is 0.414. The van der Waals surface area contributed by atoms with E-state index in [1.807, 2.05) is 0 Å². The lowest BCUT2D eigenvalue weighted by Crippen LogP contribution is -2.34. The van der Waals surface area contributed by atoms with Gasteiger partial charge in [0, 0.05) is 42.0 Å². The average Bonchev–Trinajstić information content (AvgIpc) is 2.83. The van der Waals surface area contributed by atoms with Crippen molar-refractivity contribution in [3.63, 3.8) is 0 Å². The molecule has 3 aromatic rings. The van der Waals surface area contributed by atoms with Gasteiger partial charge in [0.1, 0.15) is 5.75 Å². The van der Waals surface area contributed by atoms with E-state index in [0.717, 1.165) is 55.8 Å². The summed E-state index contributed by atoms with van der Waals surface area (Å²) in [6, 6.07) is 16.0. The number of hydrogen-bond acceptors (Lipinski definition) is 3. The molecule has 0 saturated heterocycles. The van der Waals surface area contributed by atoms with Crippen LogP contribution >= 0.6 is 0 Å². The minimum atomic E-state index is 0.442. The van der Waals surface area contributed by atoms with Crippen molar-refractivity contribution < 1.29 is 4.74 Å². The van der Waals surface area contributed by atoms with Crippen molar-refractivity contribution in [3.05, 3.63) is 82.0 Å². The summed E-state index contributed by atoms with van der Waals surface area (Å²) in [4.78, 5) is 7.62. The Labute approximate surface area is 193 Å². The topological polar surface area (TPSA) is 25.4 Å². The van der Waals surface area contributed by atoms with E-state index in [4.69, 9.17) is 9.72 Å². The Morgan fingerprint density at radius 1 is 0.969 bits per heavy atom. The molecule has 4 rings (SSSR count). The Bertz CT molecular complexity index is 1070. The number of aromatic nitrogens is 1. The van der Waals surface area contributed by atoms with Crippen LogP contribution in [0.5, 0.6) is 5.75 Å². The standard InChI is InChI=1S/C29H36N2O/c1-6-21-13-11-14-22(7-2)27(21)28-20(4)29(32-5)24(18-30-28)19-31-17-16-23-12-9-10-15-25(23)26(31)8-3/h9-15,18,26H,6-8,16-17,19H2,1-5H3. The highest BCUT2D eigenvalue weighted by atomic mass is 16.5. The van der Waals surface area contributed by atoms with Gasteiger partial charge in [0.2, 0.25) is 0 Å². The summed E-state index contributed by atoms with van der Waals surface area (Å²) in [6.07, 6.45) is 6.26. The predicted octanol–water partition coefficient (Wildman–Crippen LogP) is 6.70. The second kappa shape index (κ2) is 9.87. The number of pyridine rings is 1. The SMILES string of the molecule is CCc1cccc(CC)c1-c1ncc(CN2CCc3ccccc3C2CC)c(OC)c1C. The number of hydrogen-bond donors (Lipinski definition) is 0. The van der Waals surface area contributed by atoms with E-state index in [-0.39, 0.29) is 0 Å². The predicted molar refractivity (Wildman–Crippen MR) is 133 cm³/mol. The number of nitrogens with zero attached hydrogens (tertiary/aromatic N) is 2. The molecule has 0 fully saturated rings. The lowest BCUT2D eigenvalue weighted by Gasteiger charge is -2.37. The van der Waals surface area contributed by atoms with Crippen LogP contribution in [-0.4, -0.2) is 23.5 Å². The molecule has 2 heterocycles. The molecule has 0 spiro atoms. The van der Waals surface area contributed by atoms with Gasteiger partial charge < -0.3 is 4.74 Å². The highest BCUT2D eigenvalue weighted by molar-refractivity contribution is 5.73. The van der Waals surface area contributed by atoms with Gasteiger partial charge in [0.25, 0.3) is 0 Å². The van der Waals surface area contributed by atoms with E-state index >= 15 is 0 Å². The van der Waals surface area contributed by atoms with Gasteiger partial charge in [-0.2, -0.15) is 0 Å². The maximum absolute atomic E-state index is 6.00. The van der Waals surface area contributed by atoms with Crippen LogP contribution in [0.15, 0.2) is 48.7 Å². The first-order valence-corrected chi connectivity index (χ1v) is 12.1. The summed E-state index contributed by atoms with van der Waals surface area (Å²) in [5.41, 5.74) is 10.4. The molecule has 3 nitrogen and oxygen atoms in total. The molecule has 0 bridgehead atoms. The molecule has 1 aliphatic rings. The Hall–Kier alpha value is -2.65. The van der Waals surface area contributed by atoms with Crippen LogP contribution in [0.25, 0.3) is 11.3 Å². The number of ether oxygens (including phenoxy) is 1. The lowest BCUT2D eigenvalue weighted by atomic mass is 9.90. The van der Waals surface area contributed by atoms with E-state index < -0.39 is 0 Å². The van der Waals surface area contributed by atoms with Crippen molar-refractivity contribution in [1.29, 1.82) is 0 Å². The smallest absolute Gasteiger partial charge is 0.129 e. The van der Waals surface area contributed by atoms with Crippen LogP contribution in [0.1, 0.15) is 66.6 Å². The molecule has 2 aromatic carbocycles. The molecule has 1 atom stereocenters. The summed E-state index contributed by atoms with van der Waals surface area (Å²) < 4.78 is 6.00. The van der Waals surface area contributed by atoms with Crippen molar-refractivity contribution in [2.45, 2.75) is 66.0 Å². The highest BCUT2D eigenvalue weighted by Crippen LogP contribution is 2.38. The molecule has 0 N–H and O–H groups in total. The molecule has 0 amide bonds. The molecule has 0 aliphatic carbocycles. The number of benzene rings is 2. The third-order valence-corrected chi connectivity index (χ3v) is 7.06. The minimum absolute atomic E-state index is 0.442. The Morgan fingerprint density at radius 3 is 2.34 bits per heavy atom. The van der Waals surface area contributed by atoms with E-state index in [2.05, 4.69) is 81.3 Å². The van der Waals surface area contributed by atoms with Crippen molar-refractivity contribution in [2.75, 3.05) is 13.7 Å². The van der Waals surface area contributed by atoms with Crippen molar-refractivity contribution in [3.8, 4) is 17.0 Å². The van der Waals surface area contributed by atoms with Gasteiger partial charge >= 0.3 is 0 Å². The monoisotopic (exact) mass is 428 g/mol. The number of methoxy groups -OCH3 is 1. The molecular weight excluding hydrogens is 392 g/mol. The molecule has 1 aromatic heterocycles. The summed E-state index contributed by atoms with van der Waals surface area (Å²) in [7, 11) is 1.80. The normalized spacial score (nSPS) is 16.1. The van der Waals surface area contributed by atoms with E-state index in [1.165, 1.54) is 33.4 Å². The van der Waals surface area contributed by atoms with Crippen LogP contribution in [0.4, 0.5) is 0 Å². The molecule has 0 saturated carbocycles. The molecule has 1 unspecified atom stereocenters. The zero-order valence-electron chi connectivity index (χ0n) is 20.2. The number of aryl methyl sites for hydroxylation is 2. The van der Waals surface area contributed by atoms with Gasteiger partial charge in [-0.15, -0.1) is 0 Å². The molecular formula is C29H36N2O.